The van der Waals surface area contributed by atoms with Crippen LogP contribution in [0.2, 0.25) is 0 Å². The second-order valence-corrected chi connectivity index (χ2v) is 8.42. The van der Waals surface area contributed by atoms with Gasteiger partial charge < -0.3 is 4.90 Å². The number of sulfonamides is 1. The van der Waals surface area contributed by atoms with Crippen molar-refractivity contribution in [2.24, 2.45) is 7.05 Å². The number of nitrogens with zero attached hydrogens (tertiary/aromatic N) is 3. The first-order valence-corrected chi connectivity index (χ1v) is 9.88. The molecule has 0 radical (unpaired) electrons. The van der Waals surface area contributed by atoms with Crippen LogP contribution in [0.5, 0.6) is 0 Å². The first-order chi connectivity index (χ1) is 12.2. The highest BCUT2D eigenvalue weighted by atomic mass is 32.2. The molecule has 0 aliphatic heterocycles. The van der Waals surface area contributed by atoms with Crippen molar-refractivity contribution >= 4 is 26.5 Å². The van der Waals surface area contributed by atoms with Crippen molar-refractivity contribution in [2.75, 3.05) is 19.0 Å². The third kappa shape index (κ3) is 3.32. The van der Waals surface area contributed by atoms with Crippen molar-refractivity contribution in [2.45, 2.75) is 25.3 Å². The number of aryl methyl sites for hydroxylation is 2. The van der Waals surface area contributed by atoms with Crippen LogP contribution in [0.3, 0.4) is 0 Å². The van der Waals surface area contributed by atoms with Gasteiger partial charge in [-0.2, -0.15) is 5.10 Å². The van der Waals surface area contributed by atoms with E-state index in [9.17, 15) is 8.42 Å². The molecular weight excluding hydrogens is 348 g/mol. The number of rotatable bonds is 5. The Morgan fingerprint density at radius 1 is 1.15 bits per heavy atom. The summed E-state index contributed by atoms with van der Waals surface area (Å²) in [7, 11) is 2.19. The summed E-state index contributed by atoms with van der Waals surface area (Å²) in [6.45, 7) is 4.04. The van der Waals surface area contributed by atoms with Crippen molar-refractivity contribution in [1.82, 2.24) is 14.5 Å². The van der Waals surface area contributed by atoms with E-state index in [0.717, 1.165) is 33.4 Å². The van der Waals surface area contributed by atoms with Gasteiger partial charge in [0, 0.05) is 50.0 Å². The van der Waals surface area contributed by atoms with E-state index < -0.39 is 10.0 Å². The van der Waals surface area contributed by atoms with E-state index in [2.05, 4.69) is 9.82 Å². The first-order valence-electron chi connectivity index (χ1n) is 8.39. The van der Waals surface area contributed by atoms with E-state index in [1.54, 1.807) is 16.8 Å². The lowest BCUT2D eigenvalue weighted by molar-refractivity contribution is 0.581. The number of anilines is 1. The molecule has 1 aromatic heterocycles. The quantitative estimate of drug-likeness (QED) is 0.748. The maximum Gasteiger partial charge on any atom is 0.240 e. The maximum atomic E-state index is 12.7. The van der Waals surface area contributed by atoms with Gasteiger partial charge in [-0.05, 0) is 37.4 Å². The highest BCUT2D eigenvalue weighted by molar-refractivity contribution is 7.89. The van der Waals surface area contributed by atoms with Gasteiger partial charge in [-0.1, -0.05) is 18.2 Å². The van der Waals surface area contributed by atoms with E-state index in [-0.39, 0.29) is 11.4 Å². The summed E-state index contributed by atoms with van der Waals surface area (Å²) in [6.07, 6.45) is 0. The molecular formula is C19H24N4O2S. The van der Waals surface area contributed by atoms with Crippen molar-refractivity contribution in [3.05, 3.63) is 53.3 Å². The fourth-order valence-electron chi connectivity index (χ4n) is 3.13. The Hall–Kier alpha value is -2.38. The van der Waals surface area contributed by atoms with Gasteiger partial charge in [-0.15, -0.1) is 0 Å². The van der Waals surface area contributed by atoms with Gasteiger partial charge in [0.15, 0.2) is 0 Å². The topological polar surface area (TPSA) is 67.2 Å². The SMILES string of the molecule is Cc1nn(C)c(C)c1CNS(=O)(=O)c1ccc2c(N(C)C)cccc2c1. The Morgan fingerprint density at radius 3 is 2.50 bits per heavy atom. The van der Waals surface area contributed by atoms with Crippen LogP contribution >= 0.6 is 0 Å². The molecule has 0 saturated carbocycles. The lowest BCUT2D eigenvalue weighted by Crippen LogP contribution is -2.23. The van der Waals surface area contributed by atoms with E-state index in [0.29, 0.717) is 0 Å². The van der Waals surface area contributed by atoms with Gasteiger partial charge in [0.2, 0.25) is 10.0 Å². The Morgan fingerprint density at radius 2 is 1.88 bits per heavy atom. The lowest BCUT2D eigenvalue weighted by atomic mass is 10.1. The zero-order valence-electron chi connectivity index (χ0n) is 15.7. The highest BCUT2D eigenvalue weighted by Gasteiger charge is 2.17. The molecule has 138 valence electrons. The highest BCUT2D eigenvalue weighted by Crippen LogP contribution is 2.27. The van der Waals surface area contributed by atoms with Crippen molar-refractivity contribution in [1.29, 1.82) is 0 Å². The van der Waals surface area contributed by atoms with Gasteiger partial charge in [0.1, 0.15) is 0 Å². The molecule has 1 heterocycles. The largest absolute Gasteiger partial charge is 0.377 e. The molecule has 0 aliphatic carbocycles. The van der Waals surface area contributed by atoms with Crippen LogP contribution in [-0.2, 0) is 23.6 Å². The Bertz CT molecular complexity index is 1070. The normalized spacial score (nSPS) is 11.9. The minimum atomic E-state index is -3.61. The van der Waals surface area contributed by atoms with Gasteiger partial charge in [0.25, 0.3) is 0 Å². The first kappa shape index (κ1) is 18.4. The fourth-order valence-corrected chi connectivity index (χ4v) is 4.16. The van der Waals surface area contributed by atoms with Crippen LogP contribution in [0.4, 0.5) is 5.69 Å². The predicted octanol–water partition coefficient (Wildman–Crippen LogP) is 2.73. The molecule has 0 fully saturated rings. The molecule has 0 spiro atoms. The molecule has 0 saturated heterocycles. The summed E-state index contributed by atoms with van der Waals surface area (Å²) in [5, 5.41) is 6.25. The number of hydrogen-bond donors (Lipinski definition) is 1. The van der Waals surface area contributed by atoms with E-state index in [1.807, 2.05) is 64.2 Å². The van der Waals surface area contributed by atoms with Gasteiger partial charge in [-0.3, -0.25) is 4.68 Å². The zero-order chi connectivity index (χ0) is 19.1. The summed E-state index contributed by atoms with van der Waals surface area (Å²) >= 11 is 0. The maximum absolute atomic E-state index is 12.7. The smallest absolute Gasteiger partial charge is 0.240 e. The van der Waals surface area contributed by atoms with Crippen LogP contribution < -0.4 is 9.62 Å². The molecule has 7 heteroatoms. The summed E-state index contributed by atoms with van der Waals surface area (Å²) < 4.78 is 30.0. The molecule has 3 rings (SSSR count). The van der Waals surface area contributed by atoms with E-state index in [4.69, 9.17) is 0 Å². The number of aromatic nitrogens is 2. The number of benzene rings is 2. The average Bonchev–Trinajstić information content (AvgIpc) is 2.84. The third-order valence-corrected chi connectivity index (χ3v) is 6.12. The zero-order valence-corrected chi connectivity index (χ0v) is 16.6. The Balaban J connectivity index is 1.92. The fraction of sp³-hybridized carbons (Fsp3) is 0.316. The van der Waals surface area contributed by atoms with Crippen LogP contribution in [0.1, 0.15) is 17.0 Å². The Kier molecular flexibility index (Phi) is 4.77. The molecule has 0 amide bonds. The monoisotopic (exact) mass is 372 g/mol. The summed E-state index contributed by atoms with van der Waals surface area (Å²) in [5.74, 6) is 0. The number of fused-ring (bicyclic) bond motifs is 1. The van der Waals surface area contributed by atoms with Crippen molar-refractivity contribution in [3.63, 3.8) is 0 Å². The third-order valence-electron chi connectivity index (χ3n) is 4.72. The Labute approximate surface area is 154 Å². The number of nitrogens with one attached hydrogen (secondary N) is 1. The summed E-state index contributed by atoms with van der Waals surface area (Å²) in [5.41, 5.74) is 3.76. The molecule has 0 unspecified atom stereocenters. The van der Waals surface area contributed by atoms with Gasteiger partial charge in [-0.25, -0.2) is 13.1 Å². The lowest BCUT2D eigenvalue weighted by Gasteiger charge is -2.16. The van der Waals surface area contributed by atoms with E-state index >= 15 is 0 Å². The molecule has 1 N–H and O–H groups in total. The average molecular weight is 372 g/mol. The molecule has 0 bridgehead atoms. The van der Waals surface area contributed by atoms with Crippen LogP contribution in [0, 0.1) is 13.8 Å². The predicted molar refractivity (Wildman–Crippen MR) is 105 cm³/mol. The second-order valence-electron chi connectivity index (χ2n) is 6.65. The van der Waals surface area contributed by atoms with Crippen molar-refractivity contribution in [3.8, 4) is 0 Å². The second kappa shape index (κ2) is 6.74. The summed E-state index contributed by atoms with van der Waals surface area (Å²) in [6, 6.07) is 11.1. The molecule has 3 aromatic rings. The minimum Gasteiger partial charge on any atom is -0.377 e. The molecule has 2 aromatic carbocycles. The molecule has 26 heavy (non-hydrogen) atoms. The minimum absolute atomic E-state index is 0.226. The van der Waals surface area contributed by atoms with Crippen LogP contribution in [0.15, 0.2) is 41.3 Å². The number of hydrogen-bond acceptors (Lipinski definition) is 4. The van der Waals surface area contributed by atoms with Gasteiger partial charge in [0.05, 0.1) is 10.6 Å². The standard InChI is InChI=1S/C19H24N4O2S/c1-13-18(14(2)23(5)21-13)12-20-26(24,25)16-9-10-17-15(11-16)7-6-8-19(17)22(3)4/h6-11,20H,12H2,1-5H3. The van der Waals surface area contributed by atoms with E-state index in [1.165, 1.54) is 0 Å². The van der Waals surface area contributed by atoms with Crippen LogP contribution in [0.25, 0.3) is 10.8 Å². The molecule has 0 atom stereocenters. The summed E-state index contributed by atoms with van der Waals surface area (Å²) in [4.78, 5) is 2.28. The molecule has 0 aliphatic rings. The van der Waals surface area contributed by atoms with Crippen molar-refractivity contribution < 1.29 is 8.42 Å². The van der Waals surface area contributed by atoms with Crippen LogP contribution in [-0.4, -0.2) is 32.3 Å². The van der Waals surface area contributed by atoms with Gasteiger partial charge >= 0.3 is 0 Å². The molecule has 6 nitrogen and oxygen atoms in total.